The van der Waals surface area contributed by atoms with E-state index < -0.39 is 0 Å². The average Bonchev–Trinajstić information content (AvgIpc) is 3.23. The zero-order valence-electron chi connectivity index (χ0n) is 16.0. The van der Waals surface area contributed by atoms with Crippen LogP contribution in [0.5, 0.6) is 5.88 Å². The largest absolute Gasteiger partial charge is 0.481 e. The number of rotatable bonds is 4. The molecule has 4 aromatic heterocycles. The van der Waals surface area contributed by atoms with Gasteiger partial charge in [-0.1, -0.05) is 0 Å². The van der Waals surface area contributed by atoms with Crippen LogP contribution in [0.4, 0.5) is 5.95 Å². The molecule has 0 unspecified atom stereocenters. The Kier molecular flexibility index (Phi) is 4.47. The van der Waals surface area contributed by atoms with Crippen molar-refractivity contribution in [3.05, 3.63) is 54.7 Å². The van der Waals surface area contributed by atoms with Crippen LogP contribution in [0.1, 0.15) is 24.6 Å². The molecule has 0 N–H and O–H groups in total. The molecule has 9 heteroatoms. The van der Waals surface area contributed by atoms with Crippen molar-refractivity contribution in [2.24, 2.45) is 0 Å². The predicted octanol–water partition coefficient (Wildman–Crippen LogP) is 2.37. The second-order valence-electron chi connectivity index (χ2n) is 6.95. The van der Waals surface area contributed by atoms with Gasteiger partial charge in [-0.15, -0.1) is 10.2 Å². The standard InChI is InChI=1S/C20H20N8O/c1-29-18-6-10-22-20(23-18)27-11-7-14(8-12-27)19-25-24-17-5-4-16(26-28(17)19)15-3-2-9-21-13-15/h2-6,9-10,13-14H,7-8,11-12H2,1H3. The molecule has 5 rings (SSSR count). The molecular weight excluding hydrogens is 368 g/mol. The van der Waals surface area contributed by atoms with Crippen molar-refractivity contribution >= 4 is 11.6 Å². The minimum atomic E-state index is 0.281. The Bertz CT molecular complexity index is 1120. The fraction of sp³-hybridized carbons (Fsp3) is 0.300. The molecule has 0 amide bonds. The maximum atomic E-state index is 5.21. The van der Waals surface area contributed by atoms with E-state index in [1.165, 1.54) is 0 Å². The van der Waals surface area contributed by atoms with Crippen LogP contribution in [0.3, 0.4) is 0 Å². The van der Waals surface area contributed by atoms with E-state index in [1.54, 1.807) is 25.6 Å². The summed E-state index contributed by atoms with van der Waals surface area (Å²) >= 11 is 0. The lowest BCUT2D eigenvalue weighted by molar-refractivity contribution is 0.395. The van der Waals surface area contributed by atoms with E-state index in [1.807, 2.05) is 35.0 Å². The van der Waals surface area contributed by atoms with E-state index >= 15 is 0 Å². The molecule has 146 valence electrons. The highest BCUT2D eigenvalue weighted by atomic mass is 16.5. The van der Waals surface area contributed by atoms with Crippen molar-refractivity contribution in [3.8, 4) is 17.1 Å². The molecule has 1 aliphatic rings. The van der Waals surface area contributed by atoms with Crippen LogP contribution in [-0.4, -0.2) is 55.0 Å². The Hall–Kier alpha value is -3.62. The smallest absolute Gasteiger partial charge is 0.228 e. The van der Waals surface area contributed by atoms with Gasteiger partial charge in [-0.05, 0) is 37.1 Å². The molecule has 29 heavy (non-hydrogen) atoms. The second kappa shape index (κ2) is 7.42. The lowest BCUT2D eigenvalue weighted by Crippen LogP contribution is -2.34. The molecule has 0 bridgehead atoms. The number of nitrogens with zero attached hydrogens (tertiary/aromatic N) is 8. The number of fused-ring (bicyclic) bond motifs is 1. The van der Waals surface area contributed by atoms with Gasteiger partial charge in [0.15, 0.2) is 11.5 Å². The van der Waals surface area contributed by atoms with Crippen molar-refractivity contribution in [1.29, 1.82) is 0 Å². The maximum Gasteiger partial charge on any atom is 0.228 e. The normalized spacial score (nSPS) is 15.0. The van der Waals surface area contributed by atoms with Gasteiger partial charge in [0.25, 0.3) is 0 Å². The number of methoxy groups -OCH3 is 1. The highest BCUT2D eigenvalue weighted by molar-refractivity contribution is 5.58. The summed E-state index contributed by atoms with van der Waals surface area (Å²) in [7, 11) is 1.61. The van der Waals surface area contributed by atoms with Crippen LogP contribution in [0.25, 0.3) is 16.9 Å². The van der Waals surface area contributed by atoms with E-state index in [0.717, 1.165) is 48.7 Å². The third-order valence-electron chi connectivity index (χ3n) is 5.21. The zero-order chi connectivity index (χ0) is 19.6. The number of piperidine rings is 1. The first kappa shape index (κ1) is 17.5. The van der Waals surface area contributed by atoms with Gasteiger partial charge in [-0.3, -0.25) is 4.98 Å². The molecule has 1 fully saturated rings. The van der Waals surface area contributed by atoms with E-state index in [-0.39, 0.29) is 5.92 Å². The minimum Gasteiger partial charge on any atom is -0.481 e. The van der Waals surface area contributed by atoms with Crippen molar-refractivity contribution in [1.82, 2.24) is 34.8 Å². The van der Waals surface area contributed by atoms with E-state index in [9.17, 15) is 0 Å². The van der Waals surface area contributed by atoms with Crippen molar-refractivity contribution in [2.45, 2.75) is 18.8 Å². The molecular formula is C20H20N8O. The predicted molar refractivity (Wildman–Crippen MR) is 107 cm³/mol. The fourth-order valence-corrected chi connectivity index (χ4v) is 3.66. The van der Waals surface area contributed by atoms with Crippen LogP contribution in [0.15, 0.2) is 48.9 Å². The van der Waals surface area contributed by atoms with E-state index in [0.29, 0.717) is 11.8 Å². The zero-order valence-corrected chi connectivity index (χ0v) is 16.0. The topological polar surface area (TPSA) is 94.2 Å². The van der Waals surface area contributed by atoms with Crippen LogP contribution in [0.2, 0.25) is 0 Å². The Morgan fingerprint density at radius 1 is 1.03 bits per heavy atom. The van der Waals surface area contributed by atoms with Crippen LogP contribution >= 0.6 is 0 Å². The monoisotopic (exact) mass is 388 g/mol. The van der Waals surface area contributed by atoms with Gasteiger partial charge in [-0.25, -0.2) is 4.98 Å². The van der Waals surface area contributed by atoms with Crippen LogP contribution in [-0.2, 0) is 0 Å². The molecule has 1 aliphatic heterocycles. The van der Waals surface area contributed by atoms with Gasteiger partial charge < -0.3 is 9.64 Å². The van der Waals surface area contributed by atoms with Gasteiger partial charge in [0.2, 0.25) is 11.8 Å². The number of anilines is 1. The first-order valence-electron chi connectivity index (χ1n) is 9.56. The molecule has 0 radical (unpaired) electrons. The van der Waals surface area contributed by atoms with Crippen molar-refractivity contribution in [2.75, 3.05) is 25.1 Å². The summed E-state index contributed by atoms with van der Waals surface area (Å²) in [6.45, 7) is 1.68. The molecule has 0 aromatic carbocycles. The Morgan fingerprint density at radius 2 is 1.93 bits per heavy atom. The SMILES string of the molecule is COc1ccnc(N2CCC(c3nnc4ccc(-c5cccnc5)nn34)CC2)n1. The Balaban J connectivity index is 1.38. The fourth-order valence-electron chi connectivity index (χ4n) is 3.66. The van der Waals surface area contributed by atoms with Gasteiger partial charge in [0.05, 0.1) is 12.8 Å². The van der Waals surface area contributed by atoms with Crippen LogP contribution in [0, 0.1) is 0 Å². The summed E-state index contributed by atoms with van der Waals surface area (Å²) < 4.78 is 7.08. The summed E-state index contributed by atoms with van der Waals surface area (Å²) in [5.41, 5.74) is 2.58. The van der Waals surface area contributed by atoms with Crippen molar-refractivity contribution in [3.63, 3.8) is 0 Å². The van der Waals surface area contributed by atoms with Gasteiger partial charge in [-0.2, -0.15) is 14.6 Å². The summed E-state index contributed by atoms with van der Waals surface area (Å²) in [5, 5.41) is 13.5. The maximum absolute atomic E-state index is 5.21. The minimum absolute atomic E-state index is 0.281. The second-order valence-corrected chi connectivity index (χ2v) is 6.95. The van der Waals surface area contributed by atoms with E-state index in [4.69, 9.17) is 9.84 Å². The number of hydrogen-bond donors (Lipinski definition) is 0. The molecule has 5 heterocycles. The third kappa shape index (κ3) is 3.35. The Labute approximate surface area is 167 Å². The summed E-state index contributed by atoms with van der Waals surface area (Å²) in [5.74, 6) is 2.46. The molecule has 0 atom stereocenters. The lowest BCUT2D eigenvalue weighted by Gasteiger charge is -2.31. The number of pyridine rings is 1. The number of aromatic nitrogens is 7. The quantitative estimate of drug-likeness (QED) is 0.526. The highest BCUT2D eigenvalue weighted by Crippen LogP contribution is 2.29. The summed E-state index contributed by atoms with van der Waals surface area (Å²) in [6.07, 6.45) is 7.15. The van der Waals surface area contributed by atoms with Crippen LogP contribution < -0.4 is 9.64 Å². The lowest BCUT2D eigenvalue weighted by atomic mass is 9.96. The summed E-state index contributed by atoms with van der Waals surface area (Å²) in [6, 6.07) is 9.56. The molecule has 1 saturated heterocycles. The molecule has 9 nitrogen and oxygen atoms in total. The van der Waals surface area contributed by atoms with Gasteiger partial charge >= 0.3 is 0 Å². The first-order chi connectivity index (χ1) is 14.3. The Morgan fingerprint density at radius 3 is 2.72 bits per heavy atom. The van der Waals surface area contributed by atoms with Gasteiger partial charge in [0.1, 0.15) is 0 Å². The molecule has 0 aliphatic carbocycles. The number of ether oxygens (including phenoxy) is 1. The molecule has 0 saturated carbocycles. The molecule has 4 aromatic rings. The highest BCUT2D eigenvalue weighted by Gasteiger charge is 2.26. The number of hydrogen-bond acceptors (Lipinski definition) is 8. The molecule has 0 spiro atoms. The first-order valence-corrected chi connectivity index (χ1v) is 9.56. The average molecular weight is 388 g/mol. The van der Waals surface area contributed by atoms with Gasteiger partial charge in [0, 0.05) is 49.2 Å². The van der Waals surface area contributed by atoms with Crippen molar-refractivity contribution < 1.29 is 4.74 Å². The third-order valence-corrected chi connectivity index (χ3v) is 5.21. The summed E-state index contributed by atoms with van der Waals surface area (Å²) in [4.78, 5) is 15.2. The van der Waals surface area contributed by atoms with E-state index in [2.05, 4.69) is 30.0 Å².